The van der Waals surface area contributed by atoms with Gasteiger partial charge in [0, 0.05) is 19.2 Å². The van der Waals surface area contributed by atoms with Crippen LogP contribution in [-0.4, -0.2) is 50.3 Å². The van der Waals surface area contributed by atoms with Crippen molar-refractivity contribution < 1.29 is 19.7 Å². The number of hydrogen-bond donors (Lipinski definition) is 3. The maximum absolute atomic E-state index is 11.1. The molecular formula is C21H23N5O4. The number of pyridine rings is 1. The van der Waals surface area contributed by atoms with E-state index in [1.165, 1.54) is 18.3 Å². The van der Waals surface area contributed by atoms with E-state index >= 15 is 0 Å². The largest absolute Gasteiger partial charge is 0.508 e. The zero-order chi connectivity index (χ0) is 20.9. The van der Waals surface area contributed by atoms with Crippen molar-refractivity contribution in [2.45, 2.75) is 31.8 Å². The molecule has 0 radical (unpaired) electrons. The molecule has 30 heavy (non-hydrogen) atoms. The molecule has 0 saturated carbocycles. The average Bonchev–Trinajstić information content (AvgIpc) is 2.76. The van der Waals surface area contributed by atoms with E-state index in [0.29, 0.717) is 41.9 Å². The first-order chi connectivity index (χ1) is 14.6. The van der Waals surface area contributed by atoms with Crippen LogP contribution in [-0.2, 0) is 4.74 Å². The molecule has 2 aromatic rings. The van der Waals surface area contributed by atoms with Crippen LogP contribution in [0.25, 0.3) is 0 Å². The Kier molecular flexibility index (Phi) is 5.78. The molecule has 156 valence electrons. The van der Waals surface area contributed by atoms with Crippen LogP contribution < -0.4 is 10.2 Å². The summed E-state index contributed by atoms with van der Waals surface area (Å²) in [6.45, 7) is 1.46. The Morgan fingerprint density at radius 2 is 2.20 bits per heavy atom. The lowest BCUT2D eigenvalue weighted by molar-refractivity contribution is 0.0696. The number of aliphatic hydroxyl groups excluding tert-OH is 1. The molecule has 1 unspecified atom stereocenters. The van der Waals surface area contributed by atoms with Crippen LogP contribution in [0.5, 0.6) is 0 Å². The Labute approximate surface area is 173 Å². The SMILES string of the molecule is O=C(O)c1ccnc(Nc2cncc(N3CCCC(OC4=C(O)CCC=C4)C3)n2)c1. The summed E-state index contributed by atoms with van der Waals surface area (Å²) in [5, 5.41) is 22.2. The van der Waals surface area contributed by atoms with E-state index < -0.39 is 5.97 Å². The van der Waals surface area contributed by atoms with Gasteiger partial charge in [0.1, 0.15) is 23.5 Å². The summed E-state index contributed by atoms with van der Waals surface area (Å²) in [5.41, 5.74) is 0.141. The molecule has 1 aliphatic heterocycles. The van der Waals surface area contributed by atoms with Crippen LogP contribution in [0, 0.1) is 0 Å². The standard InChI is InChI=1S/C21H23N5O4/c27-16-5-1-2-6-17(16)30-15-4-3-9-26(13-15)20-12-22-11-19(25-20)24-18-10-14(21(28)29)7-8-23-18/h2,6-8,10-12,15,27H,1,3-5,9,13H2,(H,28,29)(H,23,24,25). The third-order valence-corrected chi connectivity index (χ3v) is 4.98. The molecule has 3 heterocycles. The zero-order valence-corrected chi connectivity index (χ0v) is 16.4. The highest BCUT2D eigenvalue weighted by atomic mass is 16.5. The number of nitrogens with one attached hydrogen (secondary N) is 1. The molecule has 4 rings (SSSR count). The molecule has 0 bridgehead atoms. The number of carboxylic acids is 1. The second-order valence-corrected chi connectivity index (χ2v) is 7.20. The smallest absolute Gasteiger partial charge is 0.335 e. The molecule has 9 heteroatoms. The summed E-state index contributed by atoms with van der Waals surface area (Å²) in [4.78, 5) is 26.2. The number of nitrogens with zero attached hydrogens (tertiary/aromatic N) is 4. The van der Waals surface area contributed by atoms with Crippen LogP contribution in [0.15, 0.2) is 54.4 Å². The van der Waals surface area contributed by atoms with E-state index in [1.54, 1.807) is 12.4 Å². The number of hydrogen-bond acceptors (Lipinski definition) is 8. The fourth-order valence-corrected chi connectivity index (χ4v) is 3.49. The number of anilines is 3. The lowest BCUT2D eigenvalue weighted by Gasteiger charge is -2.34. The number of aliphatic hydroxyl groups is 1. The topological polar surface area (TPSA) is 121 Å². The number of allylic oxidation sites excluding steroid dienone is 3. The third kappa shape index (κ3) is 4.68. The van der Waals surface area contributed by atoms with Crippen LogP contribution in [0.3, 0.4) is 0 Å². The van der Waals surface area contributed by atoms with E-state index in [2.05, 4.69) is 25.2 Å². The first kappa shape index (κ1) is 19.7. The number of carbonyl (C=O) groups is 1. The predicted octanol–water partition coefficient (Wildman–Crippen LogP) is 3.42. The Morgan fingerprint density at radius 1 is 1.30 bits per heavy atom. The molecule has 1 aliphatic carbocycles. The lowest BCUT2D eigenvalue weighted by Crippen LogP contribution is -2.40. The molecule has 3 N–H and O–H groups in total. The van der Waals surface area contributed by atoms with Crippen molar-refractivity contribution >= 4 is 23.4 Å². The first-order valence-electron chi connectivity index (χ1n) is 9.87. The highest BCUT2D eigenvalue weighted by Crippen LogP contribution is 2.25. The van der Waals surface area contributed by atoms with Gasteiger partial charge in [-0.15, -0.1) is 0 Å². The first-order valence-corrected chi connectivity index (χ1v) is 9.87. The van der Waals surface area contributed by atoms with Crippen LogP contribution >= 0.6 is 0 Å². The van der Waals surface area contributed by atoms with Crippen LogP contribution in [0.1, 0.15) is 36.0 Å². The van der Waals surface area contributed by atoms with E-state index in [-0.39, 0.29) is 11.7 Å². The van der Waals surface area contributed by atoms with Gasteiger partial charge in [0.25, 0.3) is 0 Å². The number of carboxylic acid groups (broad SMARTS) is 1. The van der Waals surface area contributed by atoms with Crippen molar-refractivity contribution in [1.82, 2.24) is 15.0 Å². The molecule has 1 atom stereocenters. The lowest BCUT2D eigenvalue weighted by atomic mass is 10.1. The fraction of sp³-hybridized carbons (Fsp3) is 0.333. The van der Waals surface area contributed by atoms with Crippen molar-refractivity contribution in [2.75, 3.05) is 23.3 Å². The van der Waals surface area contributed by atoms with E-state index in [9.17, 15) is 9.90 Å². The Morgan fingerprint density at radius 3 is 3.03 bits per heavy atom. The fourth-order valence-electron chi connectivity index (χ4n) is 3.49. The minimum atomic E-state index is -1.02. The van der Waals surface area contributed by atoms with Crippen molar-refractivity contribution in [3.05, 3.63) is 60.0 Å². The number of piperidine rings is 1. The average molecular weight is 409 g/mol. The number of aromatic nitrogens is 3. The van der Waals surface area contributed by atoms with Crippen molar-refractivity contribution in [1.29, 1.82) is 0 Å². The van der Waals surface area contributed by atoms with E-state index in [0.717, 1.165) is 25.8 Å². The molecule has 2 aliphatic rings. The zero-order valence-electron chi connectivity index (χ0n) is 16.4. The van der Waals surface area contributed by atoms with E-state index in [1.807, 2.05) is 12.2 Å². The van der Waals surface area contributed by atoms with Gasteiger partial charge in [-0.25, -0.2) is 14.8 Å². The summed E-state index contributed by atoms with van der Waals surface area (Å²) in [5.74, 6) is 1.39. The van der Waals surface area contributed by atoms with E-state index in [4.69, 9.17) is 9.84 Å². The van der Waals surface area contributed by atoms with Crippen molar-refractivity contribution in [3.8, 4) is 0 Å². The summed E-state index contributed by atoms with van der Waals surface area (Å²) < 4.78 is 6.03. The molecule has 1 fully saturated rings. The van der Waals surface area contributed by atoms with Gasteiger partial charge < -0.3 is 25.2 Å². The summed E-state index contributed by atoms with van der Waals surface area (Å²) in [6.07, 6.45) is 11.7. The summed E-state index contributed by atoms with van der Waals surface area (Å²) in [7, 11) is 0. The quantitative estimate of drug-likeness (QED) is 0.659. The molecule has 0 spiro atoms. The van der Waals surface area contributed by atoms with Gasteiger partial charge in [0.15, 0.2) is 11.6 Å². The number of rotatable bonds is 6. The van der Waals surface area contributed by atoms with Crippen molar-refractivity contribution in [2.24, 2.45) is 0 Å². The predicted molar refractivity (Wildman–Crippen MR) is 111 cm³/mol. The highest BCUT2D eigenvalue weighted by Gasteiger charge is 2.24. The highest BCUT2D eigenvalue weighted by molar-refractivity contribution is 5.88. The van der Waals surface area contributed by atoms with Crippen LogP contribution in [0.2, 0.25) is 0 Å². The molecule has 0 aromatic carbocycles. The summed E-state index contributed by atoms with van der Waals surface area (Å²) in [6, 6.07) is 2.87. The van der Waals surface area contributed by atoms with Crippen molar-refractivity contribution in [3.63, 3.8) is 0 Å². The van der Waals surface area contributed by atoms with Gasteiger partial charge in [-0.3, -0.25) is 4.98 Å². The second kappa shape index (κ2) is 8.81. The second-order valence-electron chi connectivity index (χ2n) is 7.20. The van der Waals surface area contributed by atoms with Gasteiger partial charge in [-0.2, -0.15) is 0 Å². The van der Waals surface area contributed by atoms with Gasteiger partial charge in [-0.1, -0.05) is 6.08 Å². The van der Waals surface area contributed by atoms with Gasteiger partial charge in [0.2, 0.25) is 0 Å². The normalized spacial score (nSPS) is 18.9. The van der Waals surface area contributed by atoms with Gasteiger partial charge in [0.05, 0.1) is 24.5 Å². The minimum absolute atomic E-state index is 0.0500. The molecule has 1 saturated heterocycles. The molecule has 2 aromatic heterocycles. The molecule has 9 nitrogen and oxygen atoms in total. The summed E-state index contributed by atoms with van der Waals surface area (Å²) >= 11 is 0. The van der Waals surface area contributed by atoms with Gasteiger partial charge in [-0.05, 0) is 37.5 Å². The Bertz CT molecular complexity index is 991. The van der Waals surface area contributed by atoms with Gasteiger partial charge >= 0.3 is 5.97 Å². The van der Waals surface area contributed by atoms with Crippen LogP contribution in [0.4, 0.5) is 17.5 Å². The third-order valence-electron chi connectivity index (χ3n) is 4.98. The maximum Gasteiger partial charge on any atom is 0.335 e. The monoisotopic (exact) mass is 409 g/mol. The Balaban J connectivity index is 1.45. The Hall–Kier alpha value is -3.62. The molecule has 0 amide bonds. The maximum atomic E-state index is 11.1. The minimum Gasteiger partial charge on any atom is -0.508 e. The number of ether oxygens (including phenoxy) is 1. The molecular weight excluding hydrogens is 386 g/mol. The number of aromatic carboxylic acids is 1.